The first kappa shape index (κ1) is 32.5. The Labute approximate surface area is 263 Å². The lowest BCUT2D eigenvalue weighted by Gasteiger charge is -2.33. The van der Waals surface area contributed by atoms with Crippen LogP contribution in [0.15, 0.2) is 82.2 Å². The number of hydrogen-bond acceptors (Lipinski definition) is 5. The highest BCUT2D eigenvalue weighted by Crippen LogP contribution is 2.28. The smallest absolute Gasteiger partial charge is 0.264 e. The van der Waals surface area contributed by atoms with Crippen LogP contribution in [0.3, 0.4) is 0 Å². The Morgan fingerprint density at radius 3 is 2.16 bits per heavy atom. The van der Waals surface area contributed by atoms with Gasteiger partial charge in [0, 0.05) is 17.1 Å². The second kappa shape index (κ2) is 14.9. The quantitative estimate of drug-likeness (QED) is 0.233. The molecular weight excluding hydrogens is 630 g/mol. The molecule has 3 aromatic rings. The van der Waals surface area contributed by atoms with Crippen LogP contribution in [0.1, 0.15) is 57.1 Å². The second-order valence-electron chi connectivity index (χ2n) is 10.8. The molecule has 10 heteroatoms. The number of nitrogens with zero attached hydrogens (tertiary/aromatic N) is 2. The number of nitrogens with one attached hydrogen (secondary N) is 1. The fourth-order valence-corrected chi connectivity index (χ4v) is 6.99. The van der Waals surface area contributed by atoms with Gasteiger partial charge in [-0.2, -0.15) is 0 Å². The molecule has 43 heavy (non-hydrogen) atoms. The summed E-state index contributed by atoms with van der Waals surface area (Å²) in [7, 11) is -4.15. The van der Waals surface area contributed by atoms with Crippen LogP contribution in [-0.2, 0) is 26.2 Å². The van der Waals surface area contributed by atoms with Crippen molar-refractivity contribution in [1.82, 2.24) is 10.2 Å². The summed E-state index contributed by atoms with van der Waals surface area (Å²) >= 11 is 3.36. The number of ether oxygens (including phenoxy) is 1. The van der Waals surface area contributed by atoms with Crippen LogP contribution in [0.2, 0.25) is 0 Å². The first-order chi connectivity index (χ1) is 20.6. The lowest BCUT2D eigenvalue weighted by atomic mass is 10.1. The van der Waals surface area contributed by atoms with Crippen molar-refractivity contribution >= 4 is 43.5 Å². The molecule has 0 heterocycles. The van der Waals surface area contributed by atoms with Gasteiger partial charge >= 0.3 is 0 Å². The van der Waals surface area contributed by atoms with Crippen molar-refractivity contribution in [2.24, 2.45) is 0 Å². The first-order valence-corrected chi connectivity index (χ1v) is 17.0. The van der Waals surface area contributed by atoms with Gasteiger partial charge in [-0.1, -0.05) is 65.5 Å². The van der Waals surface area contributed by atoms with E-state index in [1.54, 1.807) is 36.4 Å². The van der Waals surface area contributed by atoms with Crippen molar-refractivity contribution in [1.29, 1.82) is 0 Å². The van der Waals surface area contributed by atoms with Gasteiger partial charge in [0.15, 0.2) is 0 Å². The zero-order chi connectivity index (χ0) is 31.0. The van der Waals surface area contributed by atoms with Gasteiger partial charge in [-0.3, -0.25) is 13.9 Å². The van der Waals surface area contributed by atoms with E-state index in [0.717, 1.165) is 45.6 Å². The van der Waals surface area contributed by atoms with E-state index in [9.17, 15) is 18.0 Å². The van der Waals surface area contributed by atoms with Gasteiger partial charge in [-0.05, 0) is 87.2 Å². The van der Waals surface area contributed by atoms with Gasteiger partial charge in [-0.15, -0.1) is 0 Å². The van der Waals surface area contributed by atoms with Crippen molar-refractivity contribution in [2.75, 3.05) is 17.5 Å². The van der Waals surface area contributed by atoms with E-state index in [4.69, 9.17) is 4.74 Å². The van der Waals surface area contributed by atoms with Crippen molar-refractivity contribution in [2.45, 2.75) is 76.4 Å². The van der Waals surface area contributed by atoms with E-state index in [-0.39, 0.29) is 23.4 Å². The number of anilines is 1. The Hall–Kier alpha value is -3.37. The van der Waals surface area contributed by atoms with Crippen LogP contribution in [0.4, 0.5) is 5.69 Å². The Bertz CT molecular complexity index is 1470. The number of rotatable bonds is 13. The van der Waals surface area contributed by atoms with Crippen LogP contribution in [0.5, 0.6) is 5.75 Å². The lowest BCUT2D eigenvalue weighted by Crippen LogP contribution is -2.53. The summed E-state index contributed by atoms with van der Waals surface area (Å²) in [6.07, 6.45) is 4.37. The van der Waals surface area contributed by atoms with Crippen LogP contribution < -0.4 is 14.4 Å². The summed E-state index contributed by atoms with van der Waals surface area (Å²) in [6, 6.07) is 20.0. The van der Waals surface area contributed by atoms with Gasteiger partial charge in [0.1, 0.15) is 18.3 Å². The molecule has 1 aliphatic carbocycles. The Balaban J connectivity index is 1.71. The molecule has 8 nitrogen and oxygen atoms in total. The molecule has 1 fully saturated rings. The van der Waals surface area contributed by atoms with Crippen LogP contribution in [-0.4, -0.2) is 50.4 Å². The number of carbonyl (C=O) groups is 2. The summed E-state index contributed by atoms with van der Waals surface area (Å²) in [5, 5.41) is 3.14. The number of carbonyl (C=O) groups excluding carboxylic acids is 2. The van der Waals surface area contributed by atoms with E-state index in [0.29, 0.717) is 24.5 Å². The monoisotopic (exact) mass is 669 g/mol. The topological polar surface area (TPSA) is 96.0 Å². The highest BCUT2D eigenvalue weighted by molar-refractivity contribution is 9.10. The van der Waals surface area contributed by atoms with Gasteiger partial charge in [0.05, 0.1) is 17.2 Å². The summed E-state index contributed by atoms with van der Waals surface area (Å²) in [5.41, 5.74) is 2.25. The molecule has 0 aliphatic heterocycles. The zero-order valence-electron chi connectivity index (χ0n) is 25.0. The molecule has 2 amide bonds. The molecule has 0 bridgehead atoms. The van der Waals surface area contributed by atoms with Crippen molar-refractivity contribution in [3.05, 3.63) is 88.4 Å². The fourth-order valence-electron chi connectivity index (χ4n) is 5.32. The number of hydrogen-bond donors (Lipinski definition) is 1. The molecule has 1 saturated carbocycles. The molecule has 1 atom stereocenters. The number of halogens is 1. The Morgan fingerprint density at radius 1 is 0.953 bits per heavy atom. The summed E-state index contributed by atoms with van der Waals surface area (Å²) < 4.78 is 35.5. The van der Waals surface area contributed by atoms with E-state index < -0.39 is 28.5 Å². The van der Waals surface area contributed by atoms with Crippen molar-refractivity contribution in [3.63, 3.8) is 0 Å². The molecule has 0 radical (unpaired) electrons. The van der Waals surface area contributed by atoms with Gasteiger partial charge in [0.25, 0.3) is 10.0 Å². The molecule has 0 spiro atoms. The first-order valence-electron chi connectivity index (χ1n) is 14.8. The number of benzene rings is 3. The molecule has 1 N–H and O–H groups in total. The van der Waals surface area contributed by atoms with E-state index in [1.807, 2.05) is 45.0 Å². The van der Waals surface area contributed by atoms with Gasteiger partial charge in [-0.25, -0.2) is 8.42 Å². The average molecular weight is 671 g/mol. The minimum atomic E-state index is -4.15. The fraction of sp³-hybridized carbons (Fsp3) is 0.394. The number of sulfonamides is 1. The minimum Gasteiger partial charge on any atom is -0.494 e. The molecule has 3 aromatic carbocycles. The summed E-state index contributed by atoms with van der Waals surface area (Å²) in [4.78, 5) is 29.4. The molecule has 1 aliphatic rings. The Kier molecular flexibility index (Phi) is 11.3. The predicted molar refractivity (Wildman–Crippen MR) is 172 cm³/mol. The van der Waals surface area contributed by atoms with Gasteiger partial charge in [0.2, 0.25) is 11.8 Å². The lowest BCUT2D eigenvalue weighted by molar-refractivity contribution is -0.140. The maximum Gasteiger partial charge on any atom is 0.264 e. The third-order valence-corrected chi connectivity index (χ3v) is 9.99. The third-order valence-electron chi connectivity index (χ3n) is 7.68. The summed E-state index contributed by atoms with van der Waals surface area (Å²) in [6.45, 7) is 5.88. The molecule has 0 aromatic heterocycles. The van der Waals surface area contributed by atoms with Crippen molar-refractivity contribution in [3.8, 4) is 5.75 Å². The van der Waals surface area contributed by atoms with Crippen molar-refractivity contribution < 1.29 is 22.7 Å². The highest BCUT2D eigenvalue weighted by Gasteiger charge is 2.34. The molecule has 4 rings (SSSR count). The largest absolute Gasteiger partial charge is 0.494 e. The SMILES string of the molecule is CCOc1ccc(N(CC(=O)N(Cc2ccc(C)cc2)C(CC)C(=O)NC2CCCC2)S(=O)(=O)c2ccc(Br)cc2)cc1. The van der Waals surface area contributed by atoms with Crippen LogP contribution >= 0.6 is 15.9 Å². The minimum absolute atomic E-state index is 0.0495. The highest BCUT2D eigenvalue weighted by atomic mass is 79.9. The summed E-state index contributed by atoms with van der Waals surface area (Å²) in [5.74, 6) is -0.0870. The van der Waals surface area contributed by atoms with Crippen LogP contribution in [0, 0.1) is 6.92 Å². The Morgan fingerprint density at radius 2 is 1.58 bits per heavy atom. The molecule has 0 saturated heterocycles. The molecule has 1 unspecified atom stereocenters. The second-order valence-corrected chi connectivity index (χ2v) is 13.6. The van der Waals surface area contributed by atoms with E-state index in [2.05, 4.69) is 21.2 Å². The average Bonchev–Trinajstić information content (AvgIpc) is 3.50. The normalized spacial score (nSPS) is 14.2. The van der Waals surface area contributed by atoms with E-state index >= 15 is 0 Å². The van der Waals surface area contributed by atoms with E-state index in [1.165, 1.54) is 17.0 Å². The maximum atomic E-state index is 14.2. The van der Waals surface area contributed by atoms with Gasteiger partial charge < -0.3 is 15.0 Å². The van der Waals surface area contributed by atoms with Crippen LogP contribution in [0.25, 0.3) is 0 Å². The number of amides is 2. The zero-order valence-corrected chi connectivity index (χ0v) is 27.4. The molecular formula is C33H40BrN3O5S. The third kappa shape index (κ3) is 8.38. The molecule has 230 valence electrons. The number of aryl methyl sites for hydroxylation is 1. The maximum absolute atomic E-state index is 14.2. The predicted octanol–water partition coefficient (Wildman–Crippen LogP) is 6.22. The standard InChI is InChI=1S/C33H40BrN3O5S/c1-4-31(33(39)35-27-8-6-7-9-27)36(22-25-12-10-24(3)11-13-25)32(38)23-37(28-16-18-29(19-17-28)42-5-2)43(40,41)30-20-14-26(34)15-21-30/h10-21,27,31H,4-9,22-23H2,1-3H3,(H,35,39).